The summed E-state index contributed by atoms with van der Waals surface area (Å²) >= 11 is 3.41. The average Bonchev–Trinajstić information content (AvgIpc) is 2.39. The van der Waals surface area contributed by atoms with Crippen molar-refractivity contribution >= 4 is 26.7 Å². The molecule has 2 aromatic rings. The number of hydrogen-bond acceptors (Lipinski definition) is 3. The molecule has 1 aromatic carbocycles. The zero-order valence-corrected chi connectivity index (χ0v) is 13.1. The highest BCUT2D eigenvalue weighted by molar-refractivity contribution is 9.10. The molecule has 1 atom stereocenters. The van der Waals surface area contributed by atoms with Gasteiger partial charge in [0.05, 0.1) is 23.7 Å². The van der Waals surface area contributed by atoms with Gasteiger partial charge in [-0.1, -0.05) is 22.0 Å². The van der Waals surface area contributed by atoms with Crippen LogP contribution in [0.4, 0.5) is 0 Å². The van der Waals surface area contributed by atoms with Crippen LogP contribution in [0.25, 0.3) is 0 Å². The molecule has 0 aliphatic carbocycles. The van der Waals surface area contributed by atoms with Crippen molar-refractivity contribution in [3.8, 4) is 5.75 Å². The predicted molar refractivity (Wildman–Crippen MR) is 79.8 cm³/mol. The third kappa shape index (κ3) is 3.64. The summed E-state index contributed by atoms with van der Waals surface area (Å²) in [6.45, 7) is 1.96. The largest absolute Gasteiger partial charge is 0.496 e. The maximum Gasteiger partial charge on any atom is 0.127 e. The van der Waals surface area contributed by atoms with Crippen molar-refractivity contribution in [1.29, 1.82) is 0 Å². The van der Waals surface area contributed by atoms with Crippen molar-refractivity contribution in [2.24, 2.45) is 0 Å². The molecule has 3 nitrogen and oxygen atoms in total. The summed E-state index contributed by atoms with van der Waals surface area (Å²) in [6.07, 6.45) is 1.73. The summed E-state index contributed by atoms with van der Waals surface area (Å²) < 4.78 is 18.5. The first kappa shape index (κ1) is 14.2. The lowest BCUT2D eigenvalue weighted by molar-refractivity contribution is 0.411. The summed E-state index contributed by atoms with van der Waals surface area (Å²) in [7, 11) is 0.436. The molecule has 2 rings (SSSR count). The Morgan fingerprint density at radius 3 is 2.74 bits per heavy atom. The van der Waals surface area contributed by atoms with E-state index in [-0.39, 0.29) is 0 Å². The second-order valence-corrected chi connectivity index (χ2v) is 6.43. The fourth-order valence-electron chi connectivity index (χ4n) is 1.66. The molecule has 100 valence electrons. The average molecular weight is 340 g/mol. The molecule has 0 fully saturated rings. The van der Waals surface area contributed by atoms with Crippen molar-refractivity contribution in [2.45, 2.75) is 17.7 Å². The fourth-order valence-corrected chi connectivity index (χ4v) is 3.12. The zero-order chi connectivity index (χ0) is 13.8. The van der Waals surface area contributed by atoms with Gasteiger partial charge in [-0.15, -0.1) is 0 Å². The van der Waals surface area contributed by atoms with Crippen LogP contribution >= 0.6 is 15.9 Å². The number of aryl methyl sites for hydroxylation is 1. The van der Waals surface area contributed by atoms with Crippen molar-refractivity contribution in [3.05, 3.63) is 52.1 Å². The second kappa shape index (κ2) is 6.30. The first-order chi connectivity index (χ1) is 9.10. The van der Waals surface area contributed by atoms with Gasteiger partial charge >= 0.3 is 0 Å². The van der Waals surface area contributed by atoms with E-state index >= 15 is 0 Å². The Bertz CT molecular complexity index is 599. The van der Waals surface area contributed by atoms with Crippen LogP contribution in [0, 0.1) is 6.92 Å². The molecule has 0 saturated carbocycles. The number of benzene rings is 1. The van der Waals surface area contributed by atoms with Crippen molar-refractivity contribution in [1.82, 2.24) is 4.98 Å². The van der Waals surface area contributed by atoms with Crippen LogP contribution in [-0.2, 0) is 16.6 Å². The smallest absolute Gasteiger partial charge is 0.127 e. The van der Waals surface area contributed by atoms with E-state index in [2.05, 4.69) is 20.9 Å². The minimum Gasteiger partial charge on any atom is -0.496 e. The van der Waals surface area contributed by atoms with Crippen molar-refractivity contribution in [2.75, 3.05) is 7.11 Å². The molecule has 0 saturated heterocycles. The van der Waals surface area contributed by atoms with Crippen LogP contribution in [0.3, 0.4) is 0 Å². The lowest BCUT2D eigenvalue weighted by Gasteiger charge is -2.08. The van der Waals surface area contributed by atoms with Crippen LogP contribution < -0.4 is 4.74 Å². The lowest BCUT2D eigenvalue weighted by atomic mass is 10.2. The zero-order valence-electron chi connectivity index (χ0n) is 10.7. The first-order valence-corrected chi connectivity index (χ1v) is 7.85. The molecule has 0 bridgehead atoms. The number of ether oxygens (including phenoxy) is 1. The van der Waals surface area contributed by atoms with Gasteiger partial charge in [0.25, 0.3) is 0 Å². The molecular weight excluding hydrogens is 326 g/mol. The number of aromatic nitrogens is 1. The summed E-state index contributed by atoms with van der Waals surface area (Å²) in [5, 5.41) is 0.590. The minimum atomic E-state index is -1.17. The topological polar surface area (TPSA) is 39.2 Å². The van der Waals surface area contributed by atoms with Crippen LogP contribution in [-0.4, -0.2) is 16.3 Å². The van der Waals surface area contributed by atoms with Crippen LogP contribution in [0.5, 0.6) is 5.75 Å². The summed E-state index contributed by atoms with van der Waals surface area (Å²) in [5.41, 5.74) is 1.96. The van der Waals surface area contributed by atoms with Gasteiger partial charge < -0.3 is 4.74 Å². The highest BCUT2D eigenvalue weighted by atomic mass is 79.9. The molecule has 0 radical (unpaired) electrons. The maximum atomic E-state index is 12.3. The summed E-state index contributed by atoms with van der Waals surface area (Å²) in [6, 6.07) is 9.40. The number of methoxy groups -OCH3 is 1. The van der Waals surface area contributed by atoms with Crippen molar-refractivity contribution < 1.29 is 8.95 Å². The minimum absolute atomic E-state index is 0.388. The van der Waals surface area contributed by atoms with E-state index in [0.29, 0.717) is 10.8 Å². The molecule has 1 aromatic heterocycles. The molecule has 1 unspecified atom stereocenters. The van der Waals surface area contributed by atoms with Gasteiger partial charge in [0.15, 0.2) is 0 Å². The van der Waals surface area contributed by atoms with Gasteiger partial charge in [0.2, 0.25) is 0 Å². The number of pyridine rings is 1. The van der Waals surface area contributed by atoms with E-state index in [1.165, 1.54) is 0 Å². The number of halogens is 1. The molecule has 1 heterocycles. The third-order valence-electron chi connectivity index (χ3n) is 2.65. The molecular formula is C14H14BrNO2S. The van der Waals surface area contributed by atoms with Crippen LogP contribution in [0.2, 0.25) is 0 Å². The number of rotatable bonds is 4. The monoisotopic (exact) mass is 339 g/mol. The Morgan fingerprint density at radius 1 is 1.32 bits per heavy atom. The number of hydrogen-bond donors (Lipinski definition) is 0. The molecule has 0 spiro atoms. The standard InChI is InChI=1S/C14H14BrNO2S/c1-10-3-6-14(16-8-10)19(17)9-11-7-12(15)4-5-13(11)18-2/h3-8H,9H2,1-2H3. The van der Waals surface area contributed by atoms with E-state index < -0.39 is 10.8 Å². The van der Waals surface area contributed by atoms with E-state index in [1.54, 1.807) is 19.4 Å². The second-order valence-electron chi connectivity index (χ2n) is 4.12. The van der Waals surface area contributed by atoms with Crippen LogP contribution in [0.15, 0.2) is 46.0 Å². The van der Waals surface area contributed by atoms with E-state index in [9.17, 15) is 4.21 Å². The number of nitrogens with zero attached hydrogens (tertiary/aromatic N) is 1. The van der Waals surface area contributed by atoms with Gasteiger partial charge in [-0.3, -0.25) is 4.21 Å². The summed E-state index contributed by atoms with van der Waals surface area (Å²) in [5.74, 6) is 1.13. The van der Waals surface area contributed by atoms with Gasteiger partial charge in [-0.25, -0.2) is 4.98 Å². The lowest BCUT2D eigenvalue weighted by Crippen LogP contribution is -2.01. The van der Waals surface area contributed by atoms with Gasteiger partial charge in [0.1, 0.15) is 10.8 Å². The molecule has 0 aliphatic heterocycles. The normalized spacial score (nSPS) is 12.2. The van der Waals surface area contributed by atoms with E-state index in [4.69, 9.17) is 4.74 Å². The molecule has 0 N–H and O–H groups in total. The summed E-state index contributed by atoms with van der Waals surface area (Å²) in [4.78, 5) is 4.20. The van der Waals surface area contributed by atoms with Crippen molar-refractivity contribution in [3.63, 3.8) is 0 Å². The maximum absolute atomic E-state index is 12.3. The predicted octanol–water partition coefficient (Wildman–Crippen LogP) is 3.47. The fraction of sp³-hybridized carbons (Fsp3) is 0.214. The molecule has 0 aliphatic rings. The Labute approximate surface area is 123 Å². The molecule has 19 heavy (non-hydrogen) atoms. The Hall–Kier alpha value is -1.20. The molecule has 0 amide bonds. The van der Waals surface area contributed by atoms with Gasteiger partial charge in [-0.05, 0) is 36.8 Å². The molecule has 5 heteroatoms. The quantitative estimate of drug-likeness (QED) is 0.856. The Kier molecular flexibility index (Phi) is 4.71. The third-order valence-corrected chi connectivity index (χ3v) is 4.42. The van der Waals surface area contributed by atoms with Gasteiger partial charge in [-0.2, -0.15) is 0 Å². The first-order valence-electron chi connectivity index (χ1n) is 5.73. The van der Waals surface area contributed by atoms with Crippen LogP contribution in [0.1, 0.15) is 11.1 Å². The SMILES string of the molecule is COc1ccc(Br)cc1CS(=O)c1ccc(C)cn1. The Balaban J connectivity index is 2.23. The van der Waals surface area contributed by atoms with E-state index in [1.807, 2.05) is 31.2 Å². The Morgan fingerprint density at radius 2 is 2.11 bits per heavy atom. The highest BCUT2D eigenvalue weighted by Gasteiger charge is 2.11. The van der Waals surface area contributed by atoms with E-state index in [0.717, 1.165) is 21.3 Å². The highest BCUT2D eigenvalue weighted by Crippen LogP contribution is 2.25. The van der Waals surface area contributed by atoms with Gasteiger partial charge in [0, 0.05) is 16.2 Å².